The Balaban J connectivity index is 1.86. The van der Waals surface area contributed by atoms with Crippen molar-refractivity contribution in [3.8, 4) is 0 Å². The zero-order chi connectivity index (χ0) is 20.6. The lowest BCUT2D eigenvalue weighted by molar-refractivity contribution is -0.231. The number of carbonyl (C=O) groups excluding carboxylic acids is 1. The van der Waals surface area contributed by atoms with E-state index in [1.807, 2.05) is 37.3 Å². The van der Waals surface area contributed by atoms with E-state index in [0.717, 1.165) is 5.56 Å². The molecular formula is C21H22FN3O4. The molecule has 0 spiro atoms. The Labute approximate surface area is 168 Å². The van der Waals surface area contributed by atoms with E-state index >= 15 is 0 Å². The summed E-state index contributed by atoms with van der Waals surface area (Å²) in [5.41, 5.74) is 10.1. The van der Waals surface area contributed by atoms with Crippen LogP contribution in [0.1, 0.15) is 29.3 Å². The van der Waals surface area contributed by atoms with Gasteiger partial charge >= 0.3 is 5.97 Å². The first-order valence-electron chi connectivity index (χ1n) is 9.39. The van der Waals surface area contributed by atoms with Crippen molar-refractivity contribution < 1.29 is 23.4 Å². The molecule has 5 atom stereocenters. The second kappa shape index (κ2) is 10.0. The summed E-state index contributed by atoms with van der Waals surface area (Å²) in [6.45, 7) is 2.03. The third-order valence-electron chi connectivity index (χ3n) is 4.73. The first-order valence-corrected chi connectivity index (χ1v) is 9.39. The fraction of sp³-hybridized carbons (Fsp3) is 0.381. The number of hydrogen-bond acceptors (Lipinski definition) is 5. The molecule has 3 rings (SSSR count). The molecule has 0 amide bonds. The van der Waals surface area contributed by atoms with Gasteiger partial charge in [0.2, 0.25) is 6.36 Å². The van der Waals surface area contributed by atoms with Crippen LogP contribution in [0, 0.1) is 0 Å². The van der Waals surface area contributed by atoms with Gasteiger partial charge in [-0.05, 0) is 29.6 Å². The van der Waals surface area contributed by atoms with Gasteiger partial charge in [-0.3, -0.25) is 0 Å². The SMILES string of the molecule is CCC1O[C@H](F)C(N=[N+]=[N-])[C@@H](OC(=O)c2ccccc2)[C@H]1OCc1ccccc1. The van der Waals surface area contributed by atoms with Gasteiger partial charge in [0.1, 0.15) is 18.2 Å². The van der Waals surface area contributed by atoms with Gasteiger partial charge in [-0.2, -0.15) is 0 Å². The molecule has 2 aromatic rings. The summed E-state index contributed by atoms with van der Waals surface area (Å²) in [6, 6.07) is 16.4. The summed E-state index contributed by atoms with van der Waals surface area (Å²) in [7, 11) is 0. The summed E-state index contributed by atoms with van der Waals surface area (Å²) in [5, 5.41) is 3.49. The van der Waals surface area contributed by atoms with E-state index in [4.69, 9.17) is 19.7 Å². The van der Waals surface area contributed by atoms with E-state index in [9.17, 15) is 9.18 Å². The molecule has 2 unspecified atom stereocenters. The number of esters is 1. The van der Waals surface area contributed by atoms with Gasteiger partial charge in [0, 0.05) is 4.91 Å². The van der Waals surface area contributed by atoms with Gasteiger partial charge in [-0.1, -0.05) is 60.6 Å². The average Bonchev–Trinajstić information content (AvgIpc) is 2.76. The topological polar surface area (TPSA) is 93.5 Å². The van der Waals surface area contributed by atoms with Crippen LogP contribution in [-0.4, -0.2) is 36.7 Å². The Kier molecular flexibility index (Phi) is 7.19. The minimum absolute atomic E-state index is 0.213. The molecule has 1 saturated heterocycles. The largest absolute Gasteiger partial charge is 0.455 e. The predicted octanol–water partition coefficient (Wildman–Crippen LogP) is 4.58. The van der Waals surface area contributed by atoms with Crippen molar-refractivity contribution >= 4 is 5.97 Å². The van der Waals surface area contributed by atoms with Crippen molar-refractivity contribution in [1.82, 2.24) is 0 Å². The highest BCUT2D eigenvalue weighted by molar-refractivity contribution is 5.89. The summed E-state index contributed by atoms with van der Waals surface area (Å²) in [6.07, 6.45) is -4.05. The lowest BCUT2D eigenvalue weighted by Crippen LogP contribution is -2.57. The van der Waals surface area contributed by atoms with Crippen LogP contribution in [0.3, 0.4) is 0 Å². The molecule has 0 saturated carbocycles. The number of nitrogens with zero attached hydrogens (tertiary/aromatic N) is 3. The fourth-order valence-electron chi connectivity index (χ4n) is 3.26. The van der Waals surface area contributed by atoms with Crippen LogP contribution in [0.15, 0.2) is 65.8 Å². The minimum atomic E-state index is -1.90. The van der Waals surface area contributed by atoms with E-state index in [0.29, 0.717) is 12.0 Å². The first kappa shape index (κ1) is 20.8. The predicted molar refractivity (Wildman–Crippen MR) is 104 cm³/mol. The van der Waals surface area contributed by atoms with Crippen molar-refractivity contribution in [3.05, 3.63) is 82.2 Å². The molecule has 0 radical (unpaired) electrons. The van der Waals surface area contributed by atoms with Crippen LogP contribution >= 0.6 is 0 Å². The lowest BCUT2D eigenvalue weighted by Gasteiger charge is -2.41. The van der Waals surface area contributed by atoms with Crippen molar-refractivity contribution in [3.63, 3.8) is 0 Å². The molecule has 0 N–H and O–H groups in total. The summed E-state index contributed by atoms with van der Waals surface area (Å²) >= 11 is 0. The molecule has 8 heteroatoms. The molecule has 7 nitrogen and oxygen atoms in total. The molecule has 1 aliphatic rings. The summed E-state index contributed by atoms with van der Waals surface area (Å²) in [4.78, 5) is 15.3. The molecule has 1 heterocycles. The first-order chi connectivity index (χ1) is 14.1. The number of alkyl halides is 1. The lowest BCUT2D eigenvalue weighted by atomic mass is 9.95. The Morgan fingerprint density at radius 1 is 1.14 bits per heavy atom. The number of halogens is 1. The van der Waals surface area contributed by atoms with Crippen molar-refractivity contribution in [1.29, 1.82) is 0 Å². The van der Waals surface area contributed by atoms with E-state index in [1.54, 1.807) is 30.3 Å². The third kappa shape index (κ3) is 5.12. The molecule has 2 aromatic carbocycles. The van der Waals surface area contributed by atoms with E-state index in [1.165, 1.54) is 0 Å². The Morgan fingerprint density at radius 2 is 1.79 bits per heavy atom. The van der Waals surface area contributed by atoms with E-state index in [-0.39, 0.29) is 6.61 Å². The number of azide groups is 1. The quantitative estimate of drug-likeness (QED) is 0.295. The van der Waals surface area contributed by atoms with Gasteiger partial charge in [0.25, 0.3) is 0 Å². The summed E-state index contributed by atoms with van der Waals surface area (Å²) < 4.78 is 31.5. The molecule has 152 valence electrons. The maximum absolute atomic E-state index is 14.6. The van der Waals surface area contributed by atoms with Crippen LogP contribution in [-0.2, 0) is 20.8 Å². The van der Waals surface area contributed by atoms with E-state index in [2.05, 4.69) is 10.0 Å². The van der Waals surface area contributed by atoms with Crippen LogP contribution in [0.5, 0.6) is 0 Å². The van der Waals surface area contributed by atoms with Crippen molar-refractivity contribution in [2.24, 2.45) is 5.11 Å². The molecule has 1 fully saturated rings. The van der Waals surface area contributed by atoms with Crippen molar-refractivity contribution in [2.45, 2.75) is 50.7 Å². The van der Waals surface area contributed by atoms with Crippen LogP contribution in [0.25, 0.3) is 10.4 Å². The maximum atomic E-state index is 14.6. The third-order valence-corrected chi connectivity index (χ3v) is 4.73. The fourth-order valence-corrected chi connectivity index (χ4v) is 3.26. The van der Waals surface area contributed by atoms with Gasteiger partial charge in [0.15, 0.2) is 0 Å². The Bertz CT molecular complexity index is 846. The molecular weight excluding hydrogens is 377 g/mol. The highest BCUT2D eigenvalue weighted by Crippen LogP contribution is 2.31. The molecule has 0 aromatic heterocycles. The molecule has 29 heavy (non-hydrogen) atoms. The number of ether oxygens (including phenoxy) is 3. The number of rotatable bonds is 7. The Morgan fingerprint density at radius 3 is 2.41 bits per heavy atom. The normalized spacial score (nSPS) is 26.3. The summed E-state index contributed by atoms with van der Waals surface area (Å²) in [5.74, 6) is -0.647. The second-order valence-corrected chi connectivity index (χ2v) is 6.63. The zero-order valence-electron chi connectivity index (χ0n) is 15.9. The van der Waals surface area contributed by atoms with Gasteiger partial charge in [-0.15, -0.1) is 0 Å². The van der Waals surface area contributed by atoms with Crippen LogP contribution in [0.4, 0.5) is 4.39 Å². The highest BCUT2D eigenvalue weighted by Gasteiger charge is 2.48. The molecule has 1 aliphatic heterocycles. The maximum Gasteiger partial charge on any atom is 0.338 e. The van der Waals surface area contributed by atoms with Crippen molar-refractivity contribution in [2.75, 3.05) is 0 Å². The Hall–Kier alpha value is -2.93. The number of carbonyl (C=O) groups is 1. The minimum Gasteiger partial charge on any atom is -0.455 e. The van der Waals surface area contributed by atoms with Crippen LogP contribution in [0.2, 0.25) is 0 Å². The van der Waals surface area contributed by atoms with Crippen LogP contribution < -0.4 is 0 Å². The smallest absolute Gasteiger partial charge is 0.338 e. The monoisotopic (exact) mass is 399 g/mol. The standard InChI is InChI=1S/C21H22FN3O4/c1-2-16-18(27-13-14-9-5-3-6-10-14)19(17(24-25-23)20(22)28-16)29-21(26)15-11-7-4-8-12-15/h3-12,16-20H,2,13H2,1H3/t16?,17?,18-,19+,20-/m0/s1. The second-order valence-electron chi connectivity index (χ2n) is 6.63. The molecule has 0 aliphatic carbocycles. The number of hydrogen-bond donors (Lipinski definition) is 0. The highest BCUT2D eigenvalue weighted by atomic mass is 19.1. The average molecular weight is 399 g/mol. The molecule has 0 bridgehead atoms. The van der Waals surface area contributed by atoms with Gasteiger partial charge in [0.05, 0.1) is 18.3 Å². The van der Waals surface area contributed by atoms with E-state index < -0.39 is 36.7 Å². The van der Waals surface area contributed by atoms with Gasteiger partial charge < -0.3 is 14.2 Å². The zero-order valence-corrected chi connectivity index (χ0v) is 15.9. The van der Waals surface area contributed by atoms with Gasteiger partial charge in [-0.25, -0.2) is 9.18 Å². The number of benzene rings is 2.